The molecule has 0 aromatic heterocycles. The van der Waals surface area contributed by atoms with Gasteiger partial charge in [0.2, 0.25) is 0 Å². The van der Waals surface area contributed by atoms with Gasteiger partial charge in [-0.25, -0.2) is 0 Å². The fraction of sp³-hybridized carbons (Fsp3) is 0.857. The summed E-state index contributed by atoms with van der Waals surface area (Å²) in [5.74, 6) is -1.07. The van der Waals surface area contributed by atoms with Gasteiger partial charge in [-0.15, -0.1) is 0 Å². The van der Waals surface area contributed by atoms with Gasteiger partial charge < -0.3 is 10.2 Å². The predicted octanol–water partition coefficient (Wildman–Crippen LogP) is 0.622. The minimum Gasteiger partial charge on any atom is -0.481 e. The van der Waals surface area contributed by atoms with E-state index in [1.807, 2.05) is 0 Å². The number of carboxylic acid groups (broad SMARTS) is 1. The summed E-state index contributed by atoms with van der Waals surface area (Å²) < 4.78 is 0. The first kappa shape index (κ1) is 7.54. The molecule has 1 aliphatic carbocycles. The van der Waals surface area contributed by atoms with Crippen LogP contribution in [0.4, 0.5) is 0 Å². The van der Waals surface area contributed by atoms with Crippen LogP contribution in [0.5, 0.6) is 0 Å². The molecule has 58 valence electrons. The van der Waals surface area contributed by atoms with E-state index in [1.54, 1.807) is 0 Å². The molecule has 0 saturated heterocycles. The van der Waals surface area contributed by atoms with E-state index in [4.69, 9.17) is 10.2 Å². The number of aliphatic hydroxyl groups excluding tert-OH is 1. The van der Waals surface area contributed by atoms with Crippen LogP contribution in [-0.2, 0) is 4.79 Å². The summed E-state index contributed by atoms with van der Waals surface area (Å²) in [6, 6.07) is 0. The van der Waals surface area contributed by atoms with Gasteiger partial charge in [0.15, 0.2) is 0 Å². The number of aliphatic carboxylic acids is 1. The van der Waals surface area contributed by atoms with E-state index < -0.39 is 5.97 Å². The molecule has 0 spiro atoms. The minimum absolute atomic E-state index is 0.302. The average Bonchev–Trinajstić information content (AvgIpc) is 1.88. The maximum absolute atomic E-state index is 10.4. The first-order chi connectivity index (χ1) is 4.70. The van der Waals surface area contributed by atoms with Gasteiger partial charge in [-0.3, -0.25) is 4.79 Å². The van der Waals surface area contributed by atoms with E-state index in [0.717, 1.165) is 19.3 Å². The number of hydrogen-bond acceptors (Lipinski definition) is 2. The van der Waals surface area contributed by atoms with Crippen LogP contribution in [0.15, 0.2) is 0 Å². The number of carbonyl (C=O) groups is 1. The van der Waals surface area contributed by atoms with Crippen LogP contribution >= 0.6 is 0 Å². The Hall–Kier alpha value is -0.570. The molecule has 1 fully saturated rings. The van der Waals surface area contributed by atoms with Crippen LogP contribution in [0.2, 0.25) is 0 Å². The van der Waals surface area contributed by atoms with Crippen molar-refractivity contribution in [3.63, 3.8) is 0 Å². The van der Waals surface area contributed by atoms with Crippen LogP contribution in [0.1, 0.15) is 25.7 Å². The zero-order valence-corrected chi connectivity index (χ0v) is 5.79. The van der Waals surface area contributed by atoms with Crippen LogP contribution < -0.4 is 0 Å². The minimum atomic E-state index is -0.765. The summed E-state index contributed by atoms with van der Waals surface area (Å²) in [6.45, 7) is 0. The number of carboxylic acids is 1. The molecule has 0 amide bonds. The molecule has 1 aliphatic rings. The fourth-order valence-electron chi connectivity index (χ4n) is 1.39. The van der Waals surface area contributed by atoms with Gasteiger partial charge in [-0.2, -0.15) is 0 Å². The number of hydrogen-bond donors (Lipinski definition) is 2. The molecule has 0 aromatic carbocycles. The lowest BCUT2D eigenvalue weighted by molar-refractivity contribution is -0.144. The summed E-state index contributed by atoms with van der Waals surface area (Å²) in [6.07, 6.45) is 2.40. The maximum Gasteiger partial charge on any atom is 0.306 e. The van der Waals surface area contributed by atoms with E-state index >= 15 is 0 Å². The van der Waals surface area contributed by atoms with Crippen molar-refractivity contribution in [2.24, 2.45) is 5.92 Å². The molecule has 2 unspecified atom stereocenters. The molecular weight excluding hydrogens is 132 g/mol. The molecule has 2 atom stereocenters. The lowest BCUT2D eigenvalue weighted by atomic mass is 9.87. The molecule has 0 heterocycles. The molecule has 1 rings (SSSR count). The molecule has 3 heteroatoms. The van der Waals surface area contributed by atoms with Crippen molar-refractivity contribution in [3.05, 3.63) is 0 Å². The molecule has 1 saturated carbocycles. The largest absolute Gasteiger partial charge is 0.481 e. The first-order valence-corrected chi connectivity index (χ1v) is 3.61. The van der Waals surface area contributed by atoms with Crippen LogP contribution in [0, 0.1) is 5.92 Å². The van der Waals surface area contributed by atoms with E-state index in [2.05, 4.69) is 0 Å². The Labute approximate surface area is 59.7 Å². The summed E-state index contributed by atoms with van der Waals surface area (Å²) >= 11 is 0. The lowest BCUT2D eigenvalue weighted by Crippen LogP contribution is -2.25. The molecule has 0 aliphatic heterocycles. The highest BCUT2D eigenvalue weighted by Crippen LogP contribution is 2.23. The van der Waals surface area contributed by atoms with Crippen molar-refractivity contribution in [1.29, 1.82) is 0 Å². The highest BCUT2D eigenvalue weighted by atomic mass is 16.4. The zero-order valence-electron chi connectivity index (χ0n) is 5.79. The van der Waals surface area contributed by atoms with Crippen LogP contribution in [0.3, 0.4) is 0 Å². The van der Waals surface area contributed by atoms with E-state index in [0.29, 0.717) is 6.42 Å². The Morgan fingerprint density at radius 2 is 2.10 bits per heavy atom. The van der Waals surface area contributed by atoms with Gasteiger partial charge in [-0.05, 0) is 19.3 Å². The number of rotatable bonds is 1. The summed E-state index contributed by atoms with van der Waals surface area (Å²) in [5, 5.41) is 17.6. The Bertz CT molecular complexity index is 133. The third kappa shape index (κ3) is 1.70. The summed E-state index contributed by atoms with van der Waals surface area (Å²) in [7, 11) is 0. The van der Waals surface area contributed by atoms with Gasteiger partial charge in [0, 0.05) is 0 Å². The Morgan fingerprint density at radius 1 is 1.40 bits per heavy atom. The second-order valence-corrected chi connectivity index (χ2v) is 2.86. The highest BCUT2D eigenvalue weighted by molar-refractivity contribution is 5.70. The van der Waals surface area contributed by atoms with Crippen molar-refractivity contribution in [3.8, 4) is 0 Å². The number of aliphatic hydroxyl groups is 1. The van der Waals surface area contributed by atoms with Crippen LogP contribution in [-0.4, -0.2) is 22.3 Å². The summed E-state index contributed by atoms with van der Waals surface area (Å²) in [4.78, 5) is 10.4. The first-order valence-electron chi connectivity index (χ1n) is 3.61. The molecule has 0 aromatic rings. The van der Waals surface area contributed by atoms with Crippen molar-refractivity contribution in [1.82, 2.24) is 0 Å². The summed E-state index contributed by atoms with van der Waals surface area (Å²) in [5.41, 5.74) is 0. The van der Waals surface area contributed by atoms with E-state index in [1.165, 1.54) is 0 Å². The average molecular weight is 144 g/mol. The molecule has 0 radical (unpaired) electrons. The normalized spacial score (nSPS) is 33.7. The third-order valence-corrected chi connectivity index (χ3v) is 2.00. The van der Waals surface area contributed by atoms with Gasteiger partial charge in [0.05, 0.1) is 12.0 Å². The third-order valence-electron chi connectivity index (χ3n) is 2.00. The Kier molecular flexibility index (Phi) is 2.27. The standard InChI is InChI=1S/C7H12O3/c8-6-3-1-2-5(4-6)7(9)10/h5-6,8H,1-4H2,(H,9,10). The molecular formula is C7H12O3. The van der Waals surface area contributed by atoms with Crippen molar-refractivity contribution < 1.29 is 15.0 Å². The second kappa shape index (κ2) is 3.01. The lowest BCUT2D eigenvalue weighted by Gasteiger charge is -2.21. The SMILES string of the molecule is O=C(O)C1CCCC(O)C1. The van der Waals surface area contributed by atoms with Crippen molar-refractivity contribution >= 4 is 5.97 Å². The topological polar surface area (TPSA) is 57.5 Å². The van der Waals surface area contributed by atoms with E-state index in [-0.39, 0.29) is 12.0 Å². The molecule has 0 bridgehead atoms. The smallest absolute Gasteiger partial charge is 0.306 e. The highest BCUT2D eigenvalue weighted by Gasteiger charge is 2.25. The van der Waals surface area contributed by atoms with E-state index in [9.17, 15) is 4.79 Å². The van der Waals surface area contributed by atoms with Gasteiger partial charge in [0.1, 0.15) is 0 Å². The van der Waals surface area contributed by atoms with Gasteiger partial charge >= 0.3 is 5.97 Å². The Morgan fingerprint density at radius 3 is 2.50 bits per heavy atom. The maximum atomic E-state index is 10.4. The Balaban J connectivity index is 2.39. The monoisotopic (exact) mass is 144 g/mol. The quantitative estimate of drug-likeness (QED) is 0.567. The van der Waals surface area contributed by atoms with Gasteiger partial charge in [-0.1, -0.05) is 6.42 Å². The van der Waals surface area contributed by atoms with Crippen LogP contribution in [0.25, 0.3) is 0 Å². The molecule has 2 N–H and O–H groups in total. The zero-order chi connectivity index (χ0) is 7.56. The second-order valence-electron chi connectivity index (χ2n) is 2.86. The molecule has 10 heavy (non-hydrogen) atoms. The van der Waals surface area contributed by atoms with Gasteiger partial charge in [0.25, 0.3) is 0 Å². The van der Waals surface area contributed by atoms with Crippen molar-refractivity contribution in [2.75, 3.05) is 0 Å². The predicted molar refractivity (Wildman–Crippen MR) is 35.6 cm³/mol. The van der Waals surface area contributed by atoms with Crippen molar-refractivity contribution in [2.45, 2.75) is 31.8 Å². The fourth-order valence-corrected chi connectivity index (χ4v) is 1.39. The molecule has 3 nitrogen and oxygen atoms in total.